The molecule has 0 fully saturated rings. The molecule has 1 aliphatic carbocycles. The lowest BCUT2D eigenvalue weighted by Crippen LogP contribution is -2.36. The van der Waals surface area contributed by atoms with E-state index in [0.717, 1.165) is 56.4 Å². The molecule has 48 heavy (non-hydrogen) atoms. The predicted molar refractivity (Wildman–Crippen MR) is 196 cm³/mol. The zero-order valence-corrected chi connectivity index (χ0v) is 27.0. The summed E-state index contributed by atoms with van der Waals surface area (Å²) in [7, 11) is 0. The summed E-state index contributed by atoms with van der Waals surface area (Å²) in [6.07, 6.45) is 5.35. The maximum atomic E-state index is 16.4. The van der Waals surface area contributed by atoms with Crippen LogP contribution in [0.25, 0.3) is 44.2 Å². The molecule has 0 amide bonds. The fourth-order valence-electron chi connectivity index (χ4n) is 7.78. The van der Waals surface area contributed by atoms with Gasteiger partial charge in [-0.15, -0.1) is 0 Å². The van der Waals surface area contributed by atoms with Gasteiger partial charge >= 0.3 is 0 Å². The van der Waals surface area contributed by atoms with Gasteiger partial charge in [0.1, 0.15) is 17.0 Å². The third-order valence-electron chi connectivity index (χ3n) is 10.4. The summed E-state index contributed by atoms with van der Waals surface area (Å²) in [5.41, 5.74) is 12.1. The van der Waals surface area contributed by atoms with Crippen molar-refractivity contribution in [3.05, 3.63) is 180 Å². The summed E-state index contributed by atoms with van der Waals surface area (Å²) in [5, 5.41) is 2.27. The van der Waals surface area contributed by atoms with Gasteiger partial charge in [-0.2, -0.15) is 0 Å². The number of anilines is 2. The highest BCUT2D eigenvalue weighted by Gasteiger charge is 2.41. The van der Waals surface area contributed by atoms with Crippen molar-refractivity contribution in [2.45, 2.75) is 31.6 Å². The molecule has 0 radical (unpaired) electrons. The van der Waals surface area contributed by atoms with Gasteiger partial charge in [-0.25, -0.2) is 4.39 Å². The number of allylic oxidation sites excluding steroid dienone is 3. The Morgan fingerprint density at radius 2 is 1.27 bits per heavy atom. The van der Waals surface area contributed by atoms with E-state index in [9.17, 15) is 0 Å². The molecule has 0 spiro atoms. The molecular formula is C45H34FNO. The molecule has 1 unspecified atom stereocenters. The quantitative estimate of drug-likeness (QED) is 0.194. The highest BCUT2D eigenvalue weighted by Crippen LogP contribution is 2.54. The van der Waals surface area contributed by atoms with E-state index < -0.39 is 0 Å². The van der Waals surface area contributed by atoms with Crippen molar-refractivity contribution < 1.29 is 8.81 Å². The molecular weight excluding hydrogens is 589 g/mol. The average Bonchev–Trinajstić information content (AvgIpc) is 3.51. The van der Waals surface area contributed by atoms with E-state index in [0.29, 0.717) is 5.69 Å². The number of fused-ring (bicyclic) bond motifs is 4. The monoisotopic (exact) mass is 623 g/mol. The first-order valence-corrected chi connectivity index (χ1v) is 16.6. The Hall–Kier alpha value is -5.67. The Labute approximate surface area is 280 Å². The van der Waals surface area contributed by atoms with Gasteiger partial charge in [0.05, 0.1) is 11.4 Å². The van der Waals surface area contributed by atoms with Gasteiger partial charge in [0.15, 0.2) is 0 Å². The third kappa shape index (κ3) is 4.53. The van der Waals surface area contributed by atoms with Crippen molar-refractivity contribution in [2.24, 2.45) is 0 Å². The van der Waals surface area contributed by atoms with Crippen LogP contribution in [0.2, 0.25) is 0 Å². The van der Waals surface area contributed by atoms with Gasteiger partial charge in [-0.3, -0.25) is 0 Å². The van der Waals surface area contributed by atoms with Gasteiger partial charge in [-0.05, 0) is 93.9 Å². The lowest BCUT2D eigenvalue weighted by Gasteiger charge is -2.45. The summed E-state index contributed by atoms with van der Waals surface area (Å²) >= 11 is 0. The topological polar surface area (TPSA) is 16.4 Å². The maximum absolute atomic E-state index is 16.4. The van der Waals surface area contributed by atoms with E-state index in [1.54, 1.807) is 6.07 Å². The van der Waals surface area contributed by atoms with Crippen LogP contribution >= 0.6 is 0 Å². The molecule has 1 aromatic heterocycles. The molecule has 2 aliphatic rings. The number of furan rings is 1. The van der Waals surface area contributed by atoms with Crippen molar-refractivity contribution in [3.8, 4) is 22.3 Å². The van der Waals surface area contributed by atoms with Gasteiger partial charge < -0.3 is 9.32 Å². The van der Waals surface area contributed by atoms with E-state index >= 15 is 4.39 Å². The number of hydrogen-bond donors (Lipinski definition) is 0. The summed E-state index contributed by atoms with van der Waals surface area (Å²) in [6.45, 7) is 4.65. The molecule has 0 N–H and O–H groups in total. The summed E-state index contributed by atoms with van der Waals surface area (Å²) in [5.74, 6) is -0.0686. The second-order valence-electron chi connectivity index (χ2n) is 13.5. The predicted octanol–water partition coefficient (Wildman–Crippen LogP) is 12.5. The SMILES string of the molecule is CC1(C)C2=C(C=CC(c3ccc4oc5ccccc5c4c3)C2)N(c2ccc(-c3ccccc3)cc2F)c2ccc(-c3ccccc3)cc21. The van der Waals surface area contributed by atoms with E-state index in [-0.39, 0.29) is 17.2 Å². The maximum Gasteiger partial charge on any atom is 0.147 e. The Balaban J connectivity index is 1.19. The molecule has 2 heterocycles. The van der Waals surface area contributed by atoms with E-state index in [2.05, 4.69) is 104 Å². The van der Waals surface area contributed by atoms with Crippen LogP contribution in [0.4, 0.5) is 15.8 Å². The first-order chi connectivity index (χ1) is 23.5. The Morgan fingerprint density at radius 3 is 2.00 bits per heavy atom. The minimum absolute atomic E-state index is 0.173. The fraction of sp³-hybridized carbons (Fsp3) is 0.111. The normalized spacial score (nSPS) is 16.7. The van der Waals surface area contributed by atoms with Crippen LogP contribution in [0, 0.1) is 5.82 Å². The molecule has 0 bridgehead atoms. The second-order valence-corrected chi connectivity index (χ2v) is 13.5. The van der Waals surface area contributed by atoms with E-state index in [4.69, 9.17) is 4.42 Å². The Bertz CT molecular complexity index is 2420. The number of rotatable bonds is 4. The largest absolute Gasteiger partial charge is 0.456 e. The highest BCUT2D eigenvalue weighted by atomic mass is 19.1. The van der Waals surface area contributed by atoms with Crippen molar-refractivity contribution in [1.82, 2.24) is 0 Å². The summed E-state index contributed by atoms with van der Waals surface area (Å²) < 4.78 is 22.5. The molecule has 2 nitrogen and oxygen atoms in total. The smallest absolute Gasteiger partial charge is 0.147 e. The van der Waals surface area contributed by atoms with Crippen LogP contribution in [-0.2, 0) is 5.41 Å². The lowest BCUT2D eigenvalue weighted by molar-refractivity contribution is 0.553. The molecule has 3 heteroatoms. The first kappa shape index (κ1) is 28.5. The average molecular weight is 624 g/mol. The van der Waals surface area contributed by atoms with Crippen LogP contribution in [0.5, 0.6) is 0 Å². The van der Waals surface area contributed by atoms with Crippen molar-refractivity contribution in [1.29, 1.82) is 0 Å². The Morgan fingerprint density at radius 1 is 0.625 bits per heavy atom. The third-order valence-corrected chi connectivity index (χ3v) is 10.4. The second kappa shape index (κ2) is 11.0. The fourth-order valence-corrected chi connectivity index (χ4v) is 7.78. The van der Waals surface area contributed by atoms with Crippen LogP contribution in [0.1, 0.15) is 37.3 Å². The zero-order chi connectivity index (χ0) is 32.4. The number of hydrogen-bond acceptors (Lipinski definition) is 2. The number of nitrogens with zero attached hydrogens (tertiary/aromatic N) is 1. The molecule has 1 aliphatic heterocycles. The van der Waals surface area contributed by atoms with Crippen LogP contribution in [0.3, 0.4) is 0 Å². The van der Waals surface area contributed by atoms with Gasteiger partial charge in [0.25, 0.3) is 0 Å². The van der Waals surface area contributed by atoms with Crippen molar-refractivity contribution in [2.75, 3.05) is 4.90 Å². The van der Waals surface area contributed by atoms with Crippen LogP contribution in [0.15, 0.2) is 167 Å². The highest BCUT2D eigenvalue weighted by molar-refractivity contribution is 6.05. The molecule has 6 aromatic carbocycles. The standard InChI is InChI=1S/C45H34FNO/c1-45(2)37-26-32(29-11-5-3-6-12-29)17-21-40(37)47(42-23-19-34(28-39(42)46)30-13-7-4-8-14-30)41-22-18-33(27-38(41)45)31-20-24-44-36(25-31)35-15-9-10-16-43(35)48-44/h3-26,28,33H,27H2,1-2H3. The number of benzene rings is 6. The summed E-state index contributed by atoms with van der Waals surface area (Å²) in [4.78, 5) is 2.15. The summed E-state index contributed by atoms with van der Waals surface area (Å²) in [6, 6.07) is 47.6. The minimum Gasteiger partial charge on any atom is -0.456 e. The van der Waals surface area contributed by atoms with Gasteiger partial charge in [0.2, 0.25) is 0 Å². The molecule has 232 valence electrons. The molecule has 0 saturated carbocycles. The van der Waals surface area contributed by atoms with Crippen LogP contribution in [-0.4, -0.2) is 0 Å². The van der Waals surface area contributed by atoms with Crippen molar-refractivity contribution >= 4 is 33.3 Å². The van der Waals surface area contributed by atoms with Gasteiger partial charge in [-0.1, -0.05) is 117 Å². The van der Waals surface area contributed by atoms with E-state index in [1.807, 2.05) is 60.7 Å². The lowest BCUT2D eigenvalue weighted by atomic mass is 9.67. The minimum atomic E-state index is -0.290. The molecule has 9 rings (SSSR count). The zero-order valence-electron chi connectivity index (χ0n) is 27.0. The number of para-hydroxylation sites is 1. The Kier molecular flexibility index (Phi) is 6.52. The molecule has 0 saturated heterocycles. The first-order valence-electron chi connectivity index (χ1n) is 16.6. The van der Waals surface area contributed by atoms with E-state index in [1.165, 1.54) is 22.3 Å². The van der Waals surface area contributed by atoms with Gasteiger partial charge in [0, 0.05) is 27.8 Å². The molecule has 1 atom stereocenters. The number of halogens is 1. The van der Waals surface area contributed by atoms with Crippen molar-refractivity contribution in [3.63, 3.8) is 0 Å². The molecule has 7 aromatic rings. The van der Waals surface area contributed by atoms with Crippen LogP contribution < -0.4 is 4.90 Å².